The molecule has 7 heteroatoms. The lowest BCUT2D eigenvalue weighted by molar-refractivity contribution is -0.147. The molecule has 1 fully saturated rings. The number of carbonyl (C=O) groups is 3. The summed E-state index contributed by atoms with van der Waals surface area (Å²) in [6, 6.07) is -0.504. The molecule has 0 radical (unpaired) electrons. The van der Waals surface area contributed by atoms with Gasteiger partial charge in [0.2, 0.25) is 5.91 Å². The SMILES string of the molecule is CNC(=O)NC(=O)CCN1CCCC(C(=O)OC)C1. The Labute approximate surface area is 112 Å². The normalized spacial score (nSPS) is 19.6. The first-order valence-corrected chi connectivity index (χ1v) is 6.38. The lowest BCUT2D eigenvalue weighted by atomic mass is 9.98. The molecule has 1 unspecified atom stereocenters. The van der Waals surface area contributed by atoms with Crippen LogP contribution in [0.3, 0.4) is 0 Å². The number of rotatable bonds is 4. The van der Waals surface area contributed by atoms with Crippen LogP contribution in [0.5, 0.6) is 0 Å². The Kier molecular flexibility index (Phi) is 6.27. The van der Waals surface area contributed by atoms with Gasteiger partial charge in [-0.3, -0.25) is 14.9 Å². The molecule has 1 rings (SSSR count). The molecule has 2 N–H and O–H groups in total. The number of urea groups is 1. The van der Waals surface area contributed by atoms with Crippen LogP contribution in [0.4, 0.5) is 4.79 Å². The van der Waals surface area contributed by atoms with Gasteiger partial charge in [0.25, 0.3) is 0 Å². The average Bonchev–Trinajstić information content (AvgIpc) is 2.44. The molecule has 0 bridgehead atoms. The van der Waals surface area contributed by atoms with Gasteiger partial charge in [0.05, 0.1) is 13.0 Å². The number of likely N-dealkylation sites (tertiary alicyclic amines) is 1. The van der Waals surface area contributed by atoms with E-state index in [2.05, 4.69) is 15.5 Å². The molecule has 0 saturated carbocycles. The van der Waals surface area contributed by atoms with Crippen molar-refractivity contribution in [1.29, 1.82) is 0 Å². The Bertz CT molecular complexity index is 346. The summed E-state index contributed by atoms with van der Waals surface area (Å²) < 4.78 is 4.73. The van der Waals surface area contributed by atoms with Crippen molar-refractivity contribution in [2.24, 2.45) is 5.92 Å². The van der Waals surface area contributed by atoms with Gasteiger partial charge in [-0.1, -0.05) is 0 Å². The summed E-state index contributed by atoms with van der Waals surface area (Å²) >= 11 is 0. The molecular weight excluding hydrogens is 250 g/mol. The molecule has 3 amide bonds. The molecule has 1 aliphatic rings. The van der Waals surface area contributed by atoms with Crippen LogP contribution >= 0.6 is 0 Å². The number of hydrogen-bond acceptors (Lipinski definition) is 5. The maximum atomic E-state index is 11.5. The van der Waals surface area contributed by atoms with Crippen LogP contribution < -0.4 is 10.6 Å². The minimum Gasteiger partial charge on any atom is -0.469 e. The minimum atomic E-state index is -0.504. The number of nitrogens with one attached hydrogen (secondary N) is 2. The fraction of sp³-hybridized carbons (Fsp3) is 0.750. The van der Waals surface area contributed by atoms with Crippen molar-refractivity contribution in [3.63, 3.8) is 0 Å². The summed E-state index contributed by atoms with van der Waals surface area (Å²) in [5.74, 6) is -0.625. The predicted molar refractivity (Wildman–Crippen MR) is 68.4 cm³/mol. The van der Waals surface area contributed by atoms with E-state index in [1.807, 2.05) is 0 Å². The van der Waals surface area contributed by atoms with Crippen LogP contribution in [0.2, 0.25) is 0 Å². The molecule has 0 aromatic heterocycles. The fourth-order valence-electron chi connectivity index (χ4n) is 2.13. The highest BCUT2D eigenvalue weighted by molar-refractivity contribution is 5.94. The Morgan fingerprint density at radius 2 is 2.11 bits per heavy atom. The number of ether oxygens (including phenoxy) is 1. The number of amides is 3. The van der Waals surface area contributed by atoms with E-state index in [-0.39, 0.29) is 24.2 Å². The van der Waals surface area contributed by atoms with E-state index in [0.717, 1.165) is 19.4 Å². The molecule has 1 atom stereocenters. The number of hydrogen-bond donors (Lipinski definition) is 2. The van der Waals surface area contributed by atoms with Crippen molar-refractivity contribution in [2.45, 2.75) is 19.3 Å². The quantitative estimate of drug-likeness (QED) is 0.686. The van der Waals surface area contributed by atoms with Crippen molar-refractivity contribution >= 4 is 17.9 Å². The Morgan fingerprint density at radius 3 is 2.74 bits per heavy atom. The predicted octanol–water partition coefficient (Wildman–Crippen LogP) is -0.283. The lowest BCUT2D eigenvalue weighted by Gasteiger charge is -2.30. The summed E-state index contributed by atoms with van der Waals surface area (Å²) in [7, 11) is 2.84. The second-order valence-electron chi connectivity index (χ2n) is 4.54. The van der Waals surface area contributed by atoms with Crippen molar-refractivity contribution in [3.05, 3.63) is 0 Å². The molecule has 108 valence electrons. The topological polar surface area (TPSA) is 87.7 Å². The van der Waals surface area contributed by atoms with Crippen LogP contribution in [0.25, 0.3) is 0 Å². The van der Waals surface area contributed by atoms with Gasteiger partial charge in [-0.15, -0.1) is 0 Å². The summed E-state index contributed by atoms with van der Waals surface area (Å²) in [5, 5.41) is 4.52. The Morgan fingerprint density at radius 1 is 1.37 bits per heavy atom. The van der Waals surface area contributed by atoms with Crippen LogP contribution in [0.15, 0.2) is 0 Å². The van der Waals surface area contributed by atoms with Gasteiger partial charge >= 0.3 is 12.0 Å². The van der Waals surface area contributed by atoms with Gasteiger partial charge in [0.15, 0.2) is 0 Å². The number of methoxy groups -OCH3 is 1. The van der Waals surface area contributed by atoms with Crippen LogP contribution in [-0.2, 0) is 14.3 Å². The number of esters is 1. The molecule has 19 heavy (non-hydrogen) atoms. The molecule has 0 aromatic carbocycles. The molecule has 1 saturated heterocycles. The van der Waals surface area contributed by atoms with E-state index in [9.17, 15) is 14.4 Å². The van der Waals surface area contributed by atoms with E-state index < -0.39 is 6.03 Å². The zero-order chi connectivity index (χ0) is 14.3. The summed E-state index contributed by atoms with van der Waals surface area (Å²) in [6.07, 6.45) is 1.98. The van der Waals surface area contributed by atoms with Gasteiger partial charge in [-0.25, -0.2) is 4.79 Å². The first-order valence-electron chi connectivity index (χ1n) is 6.38. The summed E-state index contributed by atoms with van der Waals surface area (Å²) in [5.41, 5.74) is 0. The van der Waals surface area contributed by atoms with E-state index in [0.29, 0.717) is 13.1 Å². The molecule has 0 spiro atoms. The van der Waals surface area contributed by atoms with Crippen molar-refractivity contribution in [2.75, 3.05) is 33.8 Å². The van der Waals surface area contributed by atoms with Crippen LogP contribution in [0.1, 0.15) is 19.3 Å². The highest BCUT2D eigenvalue weighted by atomic mass is 16.5. The monoisotopic (exact) mass is 271 g/mol. The highest BCUT2D eigenvalue weighted by Crippen LogP contribution is 2.17. The molecule has 1 heterocycles. The standard InChI is InChI=1S/C12H21N3O4/c1-13-12(18)14-10(16)5-7-15-6-3-4-9(8-15)11(17)19-2/h9H,3-8H2,1-2H3,(H2,13,14,16,18). The molecule has 0 aromatic rings. The van der Waals surface area contributed by atoms with Crippen molar-refractivity contribution < 1.29 is 19.1 Å². The Hall–Kier alpha value is -1.63. The zero-order valence-corrected chi connectivity index (χ0v) is 11.4. The maximum absolute atomic E-state index is 11.5. The first-order chi connectivity index (χ1) is 9.06. The van der Waals surface area contributed by atoms with E-state index >= 15 is 0 Å². The molecular formula is C12H21N3O4. The minimum absolute atomic E-state index is 0.110. The molecule has 1 aliphatic heterocycles. The first kappa shape index (κ1) is 15.4. The summed E-state index contributed by atoms with van der Waals surface area (Å²) in [6.45, 7) is 2.01. The Balaban J connectivity index is 2.31. The van der Waals surface area contributed by atoms with Crippen molar-refractivity contribution in [1.82, 2.24) is 15.5 Å². The second kappa shape index (κ2) is 7.73. The highest BCUT2D eigenvalue weighted by Gasteiger charge is 2.26. The van der Waals surface area contributed by atoms with Crippen LogP contribution in [-0.4, -0.2) is 56.6 Å². The summed E-state index contributed by atoms with van der Waals surface area (Å²) in [4.78, 5) is 35.9. The fourth-order valence-corrected chi connectivity index (χ4v) is 2.13. The van der Waals surface area contributed by atoms with Gasteiger partial charge < -0.3 is 15.0 Å². The van der Waals surface area contributed by atoms with Crippen LogP contribution in [0, 0.1) is 5.92 Å². The molecule has 7 nitrogen and oxygen atoms in total. The number of piperidine rings is 1. The zero-order valence-electron chi connectivity index (χ0n) is 11.4. The van der Waals surface area contributed by atoms with Gasteiger partial charge in [-0.05, 0) is 19.4 Å². The van der Waals surface area contributed by atoms with E-state index in [1.54, 1.807) is 0 Å². The second-order valence-corrected chi connectivity index (χ2v) is 4.54. The number of carbonyl (C=O) groups excluding carboxylic acids is 3. The molecule has 0 aliphatic carbocycles. The van der Waals surface area contributed by atoms with Crippen molar-refractivity contribution in [3.8, 4) is 0 Å². The lowest BCUT2D eigenvalue weighted by Crippen LogP contribution is -2.42. The van der Waals surface area contributed by atoms with E-state index in [4.69, 9.17) is 4.74 Å². The average molecular weight is 271 g/mol. The maximum Gasteiger partial charge on any atom is 0.321 e. The number of nitrogens with zero attached hydrogens (tertiary/aromatic N) is 1. The smallest absolute Gasteiger partial charge is 0.321 e. The third-order valence-electron chi connectivity index (χ3n) is 3.18. The van der Waals surface area contributed by atoms with Gasteiger partial charge in [-0.2, -0.15) is 0 Å². The third kappa shape index (κ3) is 5.25. The van der Waals surface area contributed by atoms with Gasteiger partial charge in [0.1, 0.15) is 0 Å². The third-order valence-corrected chi connectivity index (χ3v) is 3.18. The number of imide groups is 1. The largest absolute Gasteiger partial charge is 0.469 e. The van der Waals surface area contributed by atoms with E-state index in [1.165, 1.54) is 14.2 Å². The van der Waals surface area contributed by atoms with Gasteiger partial charge in [0, 0.05) is 26.6 Å².